The van der Waals surface area contributed by atoms with E-state index >= 15 is 0 Å². The Morgan fingerprint density at radius 2 is 1.97 bits per heavy atom. The molecule has 4 aromatic rings. The second-order valence-electron chi connectivity index (χ2n) is 9.66. The molecule has 5 rings (SSSR count). The molecule has 0 bridgehead atoms. The van der Waals surface area contributed by atoms with Gasteiger partial charge in [-0.05, 0) is 70.4 Å². The Morgan fingerprint density at radius 1 is 1.18 bits per heavy atom. The molecular weight excluding hydrogens is 433 g/mol. The summed E-state index contributed by atoms with van der Waals surface area (Å²) in [6, 6.07) is 8.14. The van der Waals surface area contributed by atoms with Gasteiger partial charge in [0.15, 0.2) is 5.82 Å². The molecule has 0 aliphatic heterocycles. The minimum atomic E-state index is -0.593. The van der Waals surface area contributed by atoms with Crippen LogP contribution in [0.3, 0.4) is 0 Å². The second-order valence-corrected chi connectivity index (χ2v) is 9.66. The van der Waals surface area contributed by atoms with Gasteiger partial charge in [-0.1, -0.05) is 6.07 Å². The summed E-state index contributed by atoms with van der Waals surface area (Å²) in [4.78, 5) is 22.0. The number of hydrogen-bond acceptors (Lipinski definition) is 5. The molecule has 0 radical (unpaired) electrons. The molecule has 1 aromatic carbocycles. The lowest BCUT2D eigenvalue weighted by atomic mass is 10.1. The number of aryl methyl sites for hydroxylation is 1. The van der Waals surface area contributed by atoms with E-state index in [1.54, 1.807) is 36.9 Å². The summed E-state index contributed by atoms with van der Waals surface area (Å²) >= 11 is 0. The van der Waals surface area contributed by atoms with E-state index in [0.29, 0.717) is 28.9 Å². The lowest BCUT2D eigenvalue weighted by Crippen LogP contribution is -2.22. The van der Waals surface area contributed by atoms with Gasteiger partial charge in [-0.25, -0.2) is 14.4 Å². The third-order valence-corrected chi connectivity index (χ3v) is 5.90. The first-order valence-electron chi connectivity index (χ1n) is 11.2. The molecule has 0 saturated heterocycles. The smallest absolute Gasteiger partial charge is 0.259 e. The van der Waals surface area contributed by atoms with Crippen molar-refractivity contribution in [2.75, 3.05) is 5.32 Å². The first kappa shape index (κ1) is 21.9. The summed E-state index contributed by atoms with van der Waals surface area (Å²) in [6.45, 7) is 7.93. The van der Waals surface area contributed by atoms with E-state index in [1.807, 2.05) is 43.0 Å². The zero-order valence-corrected chi connectivity index (χ0v) is 19.6. The molecule has 1 N–H and O–H groups in total. The number of amides is 1. The van der Waals surface area contributed by atoms with Crippen LogP contribution in [0.15, 0.2) is 49.2 Å². The van der Waals surface area contributed by atoms with Crippen LogP contribution in [0.2, 0.25) is 0 Å². The quantitative estimate of drug-likeness (QED) is 0.460. The van der Waals surface area contributed by atoms with Crippen molar-refractivity contribution in [2.24, 2.45) is 0 Å². The zero-order chi connectivity index (χ0) is 24.0. The van der Waals surface area contributed by atoms with Gasteiger partial charge in [-0.3, -0.25) is 4.79 Å². The Morgan fingerprint density at radius 3 is 2.71 bits per heavy atom. The first-order chi connectivity index (χ1) is 16.2. The maximum atomic E-state index is 14.8. The fraction of sp³-hybridized carbons (Fsp3) is 0.320. The molecule has 9 heteroatoms. The maximum absolute atomic E-state index is 14.8. The maximum Gasteiger partial charge on any atom is 0.259 e. The molecule has 3 heterocycles. The highest BCUT2D eigenvalue weighted by Crippen LogP contribution is 2.39. The predicted octanol–water partition coefficient (Wildman–Crippen LogP) is 4.86. The van der Waals surface area contributed by atoms with Crippen molar-refractivity contribution >= 4 is 11.7 Å². The zero-order valence-electron chi connectivity index (χ0n) is 19.6. The molecule has 1 fully saturated rings. The third-order valence-electron chi connectivity index (χ3n) is 5.90. The van der Waals surface area contributed by atoms with Crippen molar-refractivity contribution in [1.29, 1.82) is 0 Å². The largest absolute Gasteiger partial charge is 0.307 e. The Kier molecular flexibility index (Phi) is 5.27. The fourth-order valence-corrected chi connectivity index (χ4v) is 3.89. The molecule has 0 atom stereocenters. The number of rotatable bonds is 5. The number of nitrogens with one attached hydrogen (secondary N) is 1. The number of carbonyl (C=O) groups excluding carboxylic acids is 1. The average Bonchev–Trinajstić information content (AvgIpc) is 3.29. The van der Waals surface area contributed by atoms with Crippen molar-refractivity contribution in [3.8, 4) is 17.2 Å². The Labute approximate surface area is 196 Å². The molecule has 1 aliphatic rings. The van der Waals surface area contributed by atoms with Gasteiger partial charge in [-0.15, -0.1) is 10.2 Å². The Balaban J connectivity index is 1.43. The van der Waals surface area contributed by atoms with Crippen LogP contribution in [0.4, 0.5) is 10.2 Å². The standard InChI is InChI=1S/C25H26FN7O/c1-15-10-18(26)17(11-21(15)32-12-20(27-13-32)16-8-9-16)24(34)30-22-7-5-6-19(29-22)23-31-28-14-33(23)25(2,3)4/h5-7,10-14,16H,8-9H2,1-4H3,(H,29,30,34). The summed E-state index contributed by atoms with van der Waals surface area (Å²) in [5.41, 5.74) is 2.71. The van der Waals surface area contributed by atoms with Crippen LogP contribution in [-0.2, 0) is 5.54 Å². The third kappa shape index (κ3) is 4.21. The molecule has 3 aromatic heterocycles. The molecular formula is C25H26FN7O. The molecule has 34 heavy (non-hydrogen) atoms. The minimum absolute atomic E-state index is 0.0627. The predicted molar refractivity (Wildman–Crippen MR) is 126 cm³/mol. The number of nitrogens with zero attached hydrogens (tertiary/aromatic N) is 6. The van der Waals surface area contributed by atoms with Crippen LogP contribution in [-0.4, -0.2) is 35.2 Å². The van der Waals surface area contributed by atoms with E-state index < -0.39 is 11.7 Å². The number of aromatic nitrogens is 6. The van der Waals surface area contributed by atoms with Crippen LogP contribution in [0.1, 0.15) is 61.1 Å². The van der Waals surface area contributed by atoms with E-state index in [2.05, 4.69) is 25.5 Å². The first-order valence-corrected chi connectivity index (χ1v) is 11.2. The van der Waals surface area contributed by atoms with Gasteiger partial charge in [0.25, 0.3) is 5.91 Å². The lowest BCUT2D eigenvalue weighted by molar-refractivity contribution is 0.102. The van der Waals surface area contributed by atoms with Crippen molar-refractivity contribution in [3.05, 3.63) is 71.8 Å². The Bertz CT molecular complexity index is 1380. The van der Waals surface area contributed by atoms with Gasteiger partial charge in [0, 0.05) is 17.7 Å². The SMILES string of the molecule is Cc1cc(F)c(C(=O)Nc2cccc(-c3nncn3C(C)(C)C)n2)cc1-n1cnc(C2CC2)c1. The van der Waals surface area contributed by atoms with Crippen molar-refractivity contribution < 1.29 is 9.18 Å². The summed E-state index contributed by atoms with van der Waals surface area (Å²) in [5, 5.41) is 10.9. The molecule has 0 unspecified atom stereocenters. The number of imidazole rings is 1. The average molecular weight is 460 g/mol. The van der Waals surface area contributed by atoms with Crippen molar-refractivity contribution in [2.45, 2.75) is 52.0 Å². The molecule has 8 nitrogen and oxygen atoms in total. The number of pyridine rings is 1. The molecule has 1 aliphatic carbocycles. The van der Waals surface area contributed by atoms with Crippen molar-refractivity contribution in [3.63, 3.8) is 0 Å². The number of halogens is 1. The normalized spacial score (nSPS) is 13.8. The molecule has 174 valence electrons. The van der Waals surface area contributed by atoms with Crippen LogP contribution in [0.5, 0.6) is 0 Å². The number of carbonyl (C=O) groups is 1. The number of hydrogen-bond donors (Lipinski definition) is 1. The van der Waals surface area contributed by atoms with E-state index in [1.165, 1.54) is 6.07 Å². The Hall–Kier alpha value is -3.88. The topological polar surface area (TPSA) is 90.5 Å². The fourth-order valence-electron chi connectivity index (χ4n) is 3.89. The van der Waals surface area contributed by atoms with Gasteiger partial charge >= 0.3 is 0 Å². The summed E-state index contributed by atoms with van der Waals surface area (Å²) in [5.74, 6) is 0.213. The van der Waals surface area contributed by atoms with Gasteiger partial charge in [0.05, 0.1) is 23.3 Å². The van der Waals surface area contributed by atoms with Crippen LogP contribution in [0.25, 0.3) is 17.2 Å². The van der Waals surface area contributed by atoms with E-state index in [0.717, 1.165) is 24.1 Å². The highest BCUT2D eigenvalue weighted by molar-refractivity contribution is 6.04. The lowest BCUT2D eigenvalue weighted by Gasteiger charge is -2.22. The minimum Gasteiger partial charge on any atom is -0.307 e. The summed E-state index contributed by atoms with van der Waals surface area (Å²) in [7, 11) is 0. The van der Waals surface area contributed by atoms with E-state index in [-0.39, 0.29) is 11.1 Å². The molecule has 1 amide bonds. The second kappa shape index (κ2) is 8.16. The van der Waals surface area contributed by atoms with Gasteiger partial charge in [-0.2, -0.15) is 0 Å². The van der Waals surface area contributed by atoms with Gasteiger partial charge in [0.1, 0.15) is 23.7 Å². The summed E-state index contributed by atoms with van der Waals surface area (Å²) < 4.78 is 18.6. The molecule has 0 spiro atoms. The van der Waals surface area contributed by atoms with E-state index in [4.69, 9.17) is 0 Å². The van der Waals surface area contributed by atoms with Crippen LogP contribution >= 0.6 is 0 Å². The van der Waals surface area contributed by atoms with Gasteiger partial charge < -0.3 is 14.5 Å². The monoisotopic (exact) mass is 459 g/mol. The summed E-state index contributed by atoms with van der Waals surface area (Å²) in [6.07, 6.45) is 7.61. The van der Waals surface area contributed by atoms with Gasteiger partial charge in [0.2, 0.25) is 0 Å². The van der Waals surface area contributed by atoms with Crippen LogP contribution in [0, 0.1) is 12.7 Å². The van der Waals surface area contributed by atoms with E-state index in [9.17, 15) is 9.18 Å². The highest BCUT2D eigenvalue weighted by Gasteiger charge is 2.26. The van der Waals surface area contributed by atoms with Crippen molar-refractivity contribution in [1.82, 2.24) is 29.3 Å². The number of anilines is 1. The highest BCUT2D eigenvalue weighted by atomic mass is 19.1. The number of benzene rings is 1. The van der Waals surface area contributed by atoms with Crippen LogP contribution < -0.4 is 5.32 Å². The molecule has 1 saturated carbocycles.